The summed E-state index contributed by atoms with van der Waals surface area (Å²) in [7, 11) is 0. The molecular weight excluding hydrogens is 180 g/mol. The molecule has 1 rings (SSSR count). The number of rotatable bonds is 4. The number of hydrogen-bond acceptors (Lipinski definition) is 4. The summed E-state index contributed by atoms with van der Waals surface area (Å²) in [5, 5.41) is 3.69. The second kappa shape index (κ2) is 7.36. The monoisotopic (exact) mass is 196 g/mol. The molecule has 0 aromatic heterocycles. The molecule has 0 aromatic carbocycles. The van der Waals surface area contributed by atoms with Crippen molar-refractivity contribution in [3.05, 3.63) is 0 Å². The molecule has 0 bridgehead atoms. The fourth-order valence-electron chi connectivity index (χ4n) is 1.18. The summed E-state index contributed by atoms with van der Waals surface area (Å²) >= 11 is 0. The Morgan fingerprint density at radius 3 is 3.00 bits per heavy atom. The van der Waals surface area contributed by atoms with Crippen molar-refractivity contribution in [2.75, 3.05) is 39.5 Å². The Morgan fingerprint density at radius 1 is 1.50 bits per heavy atom. The summed E-state index contributed by atoms with van der Waals surface area (Å²) in [5.41, 5.74) is 0. The van der Waals surface area contributed by atoms with E-state index < -0.39 is 0 Å². The molecule has 1 fully saturated rings. The van der Waals surface area contributed by atoms with E-state index in [1.807, 2.05) is 0 Å². The van der Waals surface area contributed by atoms with Crippen LogP contribution in [0.15, 0.2) is 5.16 Å². The molecule has 4 nitrogen and oxygen atoms in total. The molecule has 0 N–H and O–H groups in total. The Kier molecular flexibility index (Phi) is 5.80. The highest BCUT2D eigenvalue weighted by Gasteiger charge is 2.08. The summed E-state index contributed by atoms with van der Waals surface area (Å²) in [6, 6.07) is 0. The Labute approximate surface area is 84.9 Å². The Bertz CT molecular complexity index is 224. The third-order valence-electron chi connectivity index (χ3n) is 1.94. The topological polar surface area (TPSA) is 34.1 Å². The van der Waals surface area contributed by atoms with Gasteiger partial charge in [0.25, 0.3) is 0 Å². The first kappa shape index (κ1) is 11.0. The van der Waals surface area contributed by atoms with E-state index in [0.717, 1.165) is 32.8 Å². The lowest BCUT2D eigenvalue weighted by atomic mass is 10.4. The number of nitrogens with zero attached hydrogens (tertiary/aromatic N) is 2. The van der Waals surface area contributed by atoms with Crippen LogP contribution in [-0.4, -0.2) is 50.6 Å². The van der Waals surface area contributed by atoms with Crippen molar-refractivity contribution in [2.45, 2.75) is 6.92 Å². The molecule has 0 unspecified atom stereocenters. The van der Waals surface area contributed by atoms with E-state index in [-0.39, 0.29) is 0 Å². The molecule has 0 aliphatic carbocycles. The molecule has 0 amide bonds. The first-order valence-electron chi connectivity index (χ1n) is 4.79. The SMILES string of the molecule is CC#C/C=N/OCCN1CCOCC1. The van der Waals surface area contributed by atoms with Gasteiger partial charge in [-0.05, 0) is 6.92 Å². The summed E-state index contributed by atoms with van der Waals surface area (Å²) in [5.74, 6) is 5.39. The normalized spacial score (nSPS) is 17.8. The minimum atomic E-state index is 0.613. The van der Waals surface area contributed by atoms with E-state index in [1.165, 1.54) is 6.21 Å². The van der Waals surface area contributed by atoms with Gasteiger partial charge in [-0.2, -0.15) is 0 Å². The van der Waals surface area contributed by atoms with Gasteiger partial charge < -0.3 is 9.57 Å². The molecule has 1 aliphatic rings. The highest BCUT2D eigenvalue weighted by molar-refractivity contribution is 5.77. The first-order chi connectivity index (χ1) is 6.93. The van der Waals surface area contributed by atoms with Gasteiger partial charge in [0.05, 0.1) is 13.2 Å². The van der Waals surface area contributed by atoms with Crippen molar-refractivity contribution in [2.24, 2.45) is 5.16 Å². The summed E-state index contributed by atoms with van der Waals surface area (Å²) < 4.78 is 5.23. The Hall–Kier alpha value is -1.05. The average Bonchev–Trinajstić information content (AvgIpc) is 2.25. The molecule has 14 heavy (non-hydrogen) atoms. The van der Waals surface area contributed by atoms with Crippen LogP contribution in [0.3, 0.4) is 0 Å². The molecule has 1 aliphatic heterocycles. The molecule has 0 spiro atoms. The van der Waals surface area contributed by atoms with Gasteiger partial charge in [-0.15, -0.1) is 5.92 Å². The molecule has 0 atom stereocenters. The van der Waals surface area contributed by atoms with Crippen LogP contribution in [-0.2, 0) is 9.57 Å². The van der Waals surface area contributed by atoms with Crippen molar-refractivity contribution in [1.29, 1.82) is 0 Å². The second-order valence-electron chi connectivity index (χ2n) is 2.92. The standard InChI is InChI=1S/C10H16N2O2/c1-2-3-4-11-14-10-7-12-5-8-13-9-6-12/h4H,5-10H2,1H3/b11-4+. The molecule has 1 saturated heterocycles. The number of morpholine rings is 1. The zero-order valence-electron chi connectivity index (χ0n) is 8.53. The smallest absolute Gasteiger partial charge is 0.129 e. The quantitative estimate of drug-likeness (QED) is 0.281. The minimum absolute atomic E-state index is 0.613. The number of ether oxygens (including phenoxy) is 1. The van der Waals surface area contributed by atoms with E-state index in [2.05, 4.69) is 21.9 Å². The fourth-order valence-corrected chi connectivity index (χ4v) is 1.18. The largest absolute Gasteiger partial charge is 0.394 e. The van der Waals surface area contributed by atoms with Crippen LogP contribution in [0.4, 0.5) is 0 Å². The summed E-state index contributed by atoms with van der Waals surface area (Å²) in [4.78, 5) is 7.32. The first-order valence-corrected chi connectivity index (χ1v) is 4.79. The van der Waals surface area contributed by atoms with E-state index in [1.54, 1.807) is 6.92 Å². The zero-order valence-corrected chi connectivity index (χ0v) is 8.53. The molecule has 4 heteroatoms. The van der Waals surface area contributed by atoms with Crippen LogP contribution in [0.5, 0.6) is 0 Å². The van der Waals surface area contributed by atoms with Gasteiger partial charge in [0.15, 0.2) is 0 Å². The van der Waals surface area contributed by atoms with Crippen LogP contribution in [0.25, 0.3) is 0 Å². The van der Waals surface area contributed by atoms with Crippen LogP contribution in [0, 0.1) is 11.8 Å². The van der Waals surface area contributed by atoms with Crippen LogP contribution < -0.4 is 0 Å². The van der Waals surface area contributed by atoms with Crippen molar-refractivity contribution in [3.8, 4) is 11.8 Å². The third-order valence-corrected chi connectivity index (χ3v) is 1.94. The molecule has 0 aromatic rings. The van der Waals surface area contributed by atoms with E-state index in [0.29, 0.717) is 6.61 Å². The second-order valence-corrected chi connectivity index (χ2v) is 2.92. The van der Waals surface area contributed by atoms with Gasteiger partial charge in [-0.25, -0.2) is 0 Å². The van der Waals surface area contributed by atoms with Crippen molar-refractivity contribution in [3.63, 3.8) is 0 Å². The highest BCUT2D eigenvalue weighted by Crippen LogP contribution is 1.95. The lowest BCUT2D eigenvalue weighted by Gasteiger charge is -2.25. The average molecular weight is 196 g/mol. The van der Waals surface area contributed by atoms with Crippen molar-refractivity contribution < 1.29 is 9.57 Å². The minimum Gasteiger partial charge on any atom is -0.394 e. The van der Waals surface area contributed by atoms with E-state index in [9.17, 15) is 0 Å². The third kappa shape index (κ3) is 4.85. The predicted octanol–water partition coefficient (Wildman–Crippen LogP) is 0.344. The van der Waals surface area contributed by atoms with E-state index in [4.69, 9.17) is 9.57 Å². The van der Waals surface area contributed by atoms with E-state index >= 15 is 0 Å². The van der Waals surface area contributed by atoms with Gasteiger partial charge in [-0.1, -0.05) is 11.1 Å². The van der Waals surface area contributed by atoms with Crippen LogP contribution in [0.2, 0.25) is 0 Å². The zero-order chi connectivity index (χ0) is 10.1. The molecular formula is C10H16N2O2. The lowest BCUT2D eigenvalue weighted by Crippen LogP contribution is -2.38. The van der Waals surface area contributed by atoms with Gasteiger partial charge in [0, 0.05) is 19.6 Å². The lowest BCUT2D eigenvalue weighted by molar-refractivity contribution is 0.0214. The maximum absolute atomic E-state index is 5.23. The van der Waals surface area contributed by atoms with Gasteiger partial charge >= 0.3 is 0 Å². The van der Waals surface area contributed by atoms with Crippen molar-refractivity contribution in [1.82, 2.24) is 4.90 Å². The molecule has 1 heterocycles. The van der Waals surface area contributed by atoms with Crippen molar-refractivity contribution >= 4 is 6.21 Å². The number of hydrogen-bond donors (Lipinski definition) is 0. The Balaban J connectivity index is 1.99. The highest BCUT2D eigenvalue weighted by atomic mass is 16.6. The Morgan fingerprint density at radius 2 is 2.29 bits per heavy atom. The van der Waals surface area contributed by atoms with Gasteiger partial charge in [0.1, 0.15) is 12.8 Å². The predicted molar refractivity (Wildman–Crippen MR) is 55.2 cm³/mol. The maximum atomic E-state index is 5.23. The molecule has 78 valence electrons. The number of oxime groups is 1. The summed E-state index contributed by atoms with van der Waals surface area (Å²) in [6.45, 7) is 6.90. The molecule has 0 saturated carbocycles. The fraction of sp³-hybridized carbons (Fsp3) is 0.700. The van der Waals surface area contributed by atoms with Crippen LogP contribution in [0.1, 0.15) is 6.92 Å². The molecule has 0 radical (unpaired) electrons. The van der Waals surface area contributed by atoms with Gasteiger partial charge in [0.2, 0.25) is 0 Å². The van der Waals surface area contributed by atoms with Gasteiger partial charge in [-0.3, -0.25) is 4.90 Å². The van der Waals surface area contributed by atoms with Crippen LogP contribution >= 0.6 is 0 Å². The maximum Gasteiger partial charge on any atom is 0.129 e. The summed E-state index contributed by atoms with van der Waals surface area (Å²) in [6.07, 6.45) is 1.47.